The molecule has 2 aliphatic rings. The maximum Gasteiger partial charge on any atom is 0.325 e. The summed E-state index contributed by atoms with van der Waals surface area (Å²) >= 11 is 0. The van der Waals surface area contributed by atoms with Crippen molar-refractivity contribution in [2.75, 3.05) is 13.7 Å². The molecular formula is C18H22N2O4. The van der Waals surface area contributed by atoms with E-state index in [4.69, 9.17) is 4.74 Å². The number of carbonyl (C=O) groups is 3. The van der Waals surface area contributed by atoms with Crippen molar-refractivity contribution in [2.45, 2.75) is 38.1 Å². The van der Waals surface area contributed by atoms with Crippen LogP contribution in [0.25, 0.3) is 0 Å². The van der Waals surface area contributed by atoms with Gasteiger partial charge in [0, 0.05) is 5.56 Å². The highest BCUT2D eigenvalue weighted by Gasteiger charge is 2.55. The molecule has 24 heavy (non-hydrogen) atoms. The van der Waals surface area contributed by atoms with Gasteiger partial charge in [-0.1, -0.05) is 19.8 Å². The van der Waals surface area contributed by atoms with Gasteiger partial charge in [-0.25, -0.2) is 4.79 Å². The van der Waals surface area contributed by atoms with E-state index in [9.17, 15) is 14.4 Å². The Labute approximate surface area is 141 Å². The lowest BCUT2D eigenvalue weighted by Crippen LogP contribution is -2.54. The molecule has 1 spiro atoms. The Morgan fingerprint density at radius 3 is 2.62 bits per heavy atom. The Kier molecular flexibility index (Phi) is 4.30. The predicted octanol–water partition coefficient (Wildman–Crippen LogP) is 2.38. The summed E-state index contributed by atoms with van der Waals surface area (Å²) in [6.07, 6.45) is 3.53. The van der Waals surface area contributed by atoms with Crippen molar-refractivity contribution in [3.63, 3.8) is 0 Å². The molecule has 0 aromatic heterocycles. The molecule has 6 heteroatoms. The van der Waals surface area contributed by atoms with Crippen LogP contribution >= 0.6 is 0 Å². The van der Waals surface area contributed by atoms with Crippen molar-refractivity contribution >= 4 is 17.7 Å². The highest BCUT2D eigenvalue weighted by Crippen LogP contribution is 2.38. The number of urea groups is 1. The van der Waals surface area contributed by atoms with Gasteiger partial charge in [-0.3, -0.25) is 14.5 Å². The highest BCUT2D eigenvalue weighted by molar-refractivity contribution is 6.11. The van der Waals surface area contributed by atoms with Crippen LogP contribution in [0.5, 0.6) is 5.75 Å². The molecule has 3 rings (SSSR count). The van der Waals surface area contributed by atoms with Gasteiger partial charge in [0.25, 0.3) is 5.91 Å². The van der Waals surface area contributed by atoms with Crippen LogP contribution in [0.2, 0.25) is 0 Å². The van der Waals surface area contributed by atoms with E-state index in [1.165, 1.54) is 0 Å². The molecule has 1 N–H and O–H groups in total. The second kappa shape index (κ2) is 6.26. The molecule has 1 aromatic carbocycles. The SMILES string of the molecule is COc1ccc(C(=O)CN2C(=O)N[C@]3(CCCC[C@H]3C)C2=O)cc1. The Bertz CT molecular complexity index is 670. The summed E-state index contributed by atoms with van der Waals surface area (Å²) in [6.45, 7) is 1.76. The Morgan fingerprint density at radius 1 is 1.29 bits per heavy atom. The van der Waals surface area contributed by atoms with Crippen LogP contribution in [0.3, 0.4) is 0 Å². The number of methoxy groups -OCH3 is 1. The largest absolute Gasteiger partial charge is 0.497 e. The first-order chi connectivity index (χ1) is 11.5. The molecule has 2 atom stereocenters. The van der Waals surface area contributed by atoms with Crippen LogP contribution < -0.4 is 10.1 Å². The van der Waals surface area contributed by atoms with Crippen molar-refractivity contribution < 1.29 is 19.1 Å². The van der Waals surface area contributed by atoms with E-state index < -0.39 is 11.6 Å². The molecule has 3 amide bonds. The molecule has 1 heterocycles. The fraction of sp³-hybridized carbons (Fsp3) is 0.500. The maximum absolute atomic E-state index is 12.8. The summed E-state index contributed by atoms with van der Waals surface area (Å²) in [5, 5.41) is 2.86. The van der Waals surface area contributed by atoms with Crippen molar-refractivity contribution in [1.29, 1.82) is 0 Å². The summed E-state index contributed by atoms with van der Waals surface area (Å²) < 4.78 is 5.06. The summed E-state index contributed by atoms with van der Waals surface area (Å²) in [7, 11) is 1.55. The zero-order chi connectivity index (χ0) is 17.3. The smallest absolute Gasteiger partial charge is 0.325 e. The fourth-order valence-corrected chi connectivity index (χ4v) is 3.65. The third kappa shape index (κ3) is 2.66. The minimum atomic E-state index is -0.824. The quantitative estimate of drug-likeness (QED) is 0.679. The molecular weight excluding hydrogens is 308 g/mol. The average molecular weight is 330 g/mol. The number of benzene rings is 1. The van der Waals surface area contributed by atoms with Crippen LogP contribution in [-0.2, 0) is 4.79 Å². The number of rotatable bonds is 4. The Balaban J connectivity index is 1.76. The van der Waals surface area contributed by atoms with Gasteiger partial charge in [0.15, 0.2) is 5.78 Å². The number of nitrogens with zero attached hydrogens (tertiary/aromatic N) is 1. The van der Waals surface area contributed by atoms with Gasteiger partial charge >= 0.3 is 6.03 Å². The second-order valence-corrected chi connectivity index (χ2v) is 6.59. The molecule has 0 unspecified atom stereocenters. The van der Waals surface area contributed by atoms with E-state index in [-0.39, 0.29) is 24.2 Å². The zero-order valence-corrected chi connectivity index (χ0v) is 14.0. The number of Topliss-reactive ketones (excluding diaryl/α,β-unsaturated/α-hetero) is 1. The van der Waals surface area contributed by atoms with Gasteiger partial charge in [-0.15, -0.1) is 0 Å². The van der Waals surface area contributed by atoms with Crippen LogP contribution in [0, 0.1) is 5.92 Å². The first-order valence-corrected chi connectivity index (χ1v) is 8.29. The molecule has 1 saturated carbocycles. The van der Waals surface area contributed by atoms with Gasteiger partial charge in [0.05, 0.1) is 13.7 Å². The van der Waals surface area contributed by atoms with Gasteiger partial charge in [-0.2, -0.15) is 0 Å². The van der Waals surface area contributed by atoms with Crippen molar-refractivity contribution in [3.05, 3.63) is 29.8 Å². The number of carbonyl (C=O) groups excluding carboxylic acids is 3. The second-order valence-electron chi connectivity index (χ2n) is 6.59. The summed E-state index contributed by atoms with van der Waals surface area (Å²) in [6, 6.07) is 6.18. The van der Waals surface area contributed by atoms with E-state index in [0.717, 1.165) is 24.2 Å². The average Bonchev–Trinajstić information content (AvgIpc) is 2.82. The first-order valence-electron chi connectivity index (χ1n) is 8.29. The molecule has 0 bridgehead atoms. The minimum Gasteiger partial charge on any atom is -0.497 e. The monoisotopic (exact) mass is 330 g/mol. The number of hydrogen-bond acceptors (Lipinski definition) is 4. The standard InChI is InChI=1S/C18H22N2O4/c1-12-5-3-4-10-18(12)16(22)20(17(23)19-18)11-15(21)13-6-8-14(24-2)9-7-13/h6-9,12H,3-5,10-11H2,1-2H3,(H,19,23)/t12-,18+/m1/s1. The molecule has 2 fully saturated rings. The summed E-state index contributed by atoms with van der Waals surface area (Å²) in [5.74, 6) is 0.212. The number of nitrogens with one attached hydrogen (secondary N) is 1. The number of ketones is 1. The van der Waals surface area contributed by atoms with Gasteiger partial charge in [0.2, 0.25) is 0 Å². The first kappa shape index (κ1) is 16.5. The van der Waals surface area contributed by atoms with Gasteiger partial charge in [0.1, 0.15) is 11.3 Å². The third-order valence-corrected chi connectivity index (χ3v) is 5.22. The Morgan fingerprint density at radius 2 is 2.00 bits per heavy atom. The topological polar surface area (TPSA) is 75.7 Å². The van der Waals surface area contributed by atoms with Crippen LogP contribution in [0.4, 0.5) is 4.79 Å². The summed E-state index contributed by atoms with van der Waals surface area (Å²) in [4.78, 5) is 38.6. The lowest BCUT2D eigenvalue weighted by molar-refractivity contribution is -0.133. The molecule has 0 radical (unpaired) electrons. The van der Waals surface area contributed by atoms with E-state index in [2.05, 4.69) is 5.32 Å². The van der Waals surface area contributed by atoms with Crippen molar-refractivity contribution in [3.8, 4) is 5.75 Å². The van der Waals surface area contributed by atoms with Crippen molar-refractivity contribution in [2.24, 2.45) is 5.92 Å². The van der Waals surface area contributed by atoms with Gasteiger partial charge < -0.3 is 10.1 Å². The molecule has 1 saturated heterocycles. The van der Waals surface area contributed by atoms with Crippen LogP contribution in [0.15, 0.2) is 24.3 Å². The van der Waals surface area contributed by atoms with Crippen molar-refractivity contribution in [1.82, 2.24) is 10.2 Å². The van der Waals surface area contributed by atoms with Crippen LogP contribution in [0.1, 0.15) is 43.0 Å². The number of ether oxygens (including phenoxy) is 1. The third-order valence-electron chi connectivity index (χ3n) is 5.22. The summed E-state index contributed by atoms with van der Waals surface area (Å²) in [5.41, 5.74) is -0.371. The van der Waals surface area contributed by atoms with E-state index in [1.807, 2.05) is 6.92 Å². The predicted molar refractivity (Wildman–Crippen MR) is 87.9 cm³/mol. The van der Waals surface area contributed by atoms with E-state index in [1.54, 1.807) is 31.4 Å². The van der Waals surface area contributed by atoms with Crippen LogP contribution in [-0.4, -0.2) is 41.8 Å². The normalized spacial score (nSPS) is 26.6. The zero-order valence-electron chi connectivity index (χ0n) is 14.0. The lowest BCUT2D eigenvalue weighted by Gasteiger charge is -2.36. The maximum atomic E-state index is 12.8. The fourth-order valence-electron chi connectivity index (χ4n) is 3.65. The van der Waals surface area contributed by atoms with E-state index >= 15 is 0 Å². The molecule has 1 aromatic rings. The lowest BCUT2D eigenvalue weighted by atomic mass is 9.73. The molecule has 6 nitrogen and oxygen atoms in total. The molecule has 1 aliphatic carbocycles. The molecule has 1 aliphatic heterocycles. The molecule has 128 valence electrons. The Hall–Kier alpha value is -2.37. The number of amides is 3. The number of imide groups is 1. The highest BCUT2D eigenvalue weighted by atomic mass is 16.5. The van der Waals surface area contributed by atoms with Gasteiger partial charge in [-0.05, 0) is 43.0 Å². The number of hydrogen-bond donors (Lipinski definition) is 1. The van der Waals surface area contributed by atoms with E-state index in [0.29, 0.717) is 17.7 Å². The minimum absolute atomic E-state index is 0.0868.